The summed E-state index contributed by atoms with van der Waals surface area (Å²) in [5, 5.41) is 11.2. The molecule has 0 aliphatic carbocycles. The van der Waals surface area contributed by atoms with E-state index in [1.54, 1.807) is 0 Å². The molecule has 0 aromatic carbocycles. The molecule has 0 heterocycles. The first kappa shape index (κ1) is 20.5. The second-order valence-corrected chi connectivity index (χ2v) is 6.27. The molecule has 0 fully saturated rings. The number of unbranched alkanes of at least 4 members (excludes halogenated alkanes) is 10. The molecule has 2 amide bonds. The predicted molar refractivity (Wildman–Crippen MR) is 94.5 cm³/mol. The molecular formula is C18H34N2O4. The average molecular weight is 343 g/mol. The van der Waals surface area contributed by atoms with Crippen LogP contribution in [0.25, 0.3) is 0 Å². The number of carbonyl (C=O) groups is 3. The third-order valence-electron chi connectivity index (χ3n) is 3.94. The highest BCUT2D eigenvalue weighted by Crippen LogP contribution is 2.11. The lowest BCUT2D eigenvalue weighted by molar-refractivity contribution is -0.143. The van der Waals surface area contributed by atoms with Gasteiger partial charge in [-0.05, 0) is 6.42 Å². The number of primary amides is 1. The summed E-state index contributed by atoms with van der Waals surface area (Å²) in [6, 6.07) is -1.23. The topological polar surface area (TPSA) is 109 Å². The van der Waals surface area contributed by atoms with Gasteiger partial charge in [-0.25, -0.2) is 4.79 Å². The second-order valence-electron chi connectivity index (χ2n) is 6.27. The fourth-order valence-electron chi connectivity index (χ4n) is 2.54. The number of hydrogen-bond acceptors (Lipinski definition) is 3. The lowest BCUT2D eigenvalue weighted by Gasteiger charge is -2.12. The van der Waals surface area contributed by atoms with Gasteiger partial charge < -0.3 is 16.2 Å². The Balaban J connectivity index is 3.50. The highest BCUT2D eigenvalue weighted by atomic mass is 16.4. The van der Waals surface area contributed by atoms with Gasteiger partial charge in [-0.3, -0.25) is 9.59 Å². The van der Waals surface area contributed by atoms with Crippen molar-refractivity contribution < 1.29 is 20.9 Å². The quantitative estimate of drug-likeness (QED) is 0.374. The number of carboxylic acids is 1. The molecule has 0 radical (unpaired) electrons. The SMILES string of the molecule is [2H]CCCCCCCCCCCCCC(=O)N[C@@H](CC(N)=O)C(=O)O. The molecule has 0 aromatic rings. The second kappa shape index (κ2) is 15.0. The molecule has 6 heteroatoms. The van der Waals surface area contributed by atoms with Crippen molar-refractivity contribution in [2.24, 2.45) is 5.73 Å². The number of nitrogens with one attached hydrogen (secondary N) is 1. The van der Waals surface area contributed by atoms with Crippen molar-refractivity contribution in [3.63, 3.8) is 0 Å². The number of carbonyl (C=O) groups excluding carboxylic acids is 2. The van der Waals surface area contributed by atoms with Gasteiger partial charge in [0.05, 0.1) is 6.42 Å². The van der Waals surface area contributed by atoms with E-state index in [4.69, 9.17) is 12.2 Å². The van der Waals surface area contributed by atoms with Crippen molar-refractivity contribution in [1.29, 1.82) is 0 Å². The molecule has 0 aliphatic heterocycles. The third kappa shape index (κ3) is 14.0. The first-order valence-corrected chi connectivity index (χ1v) is 9.07. The zero-order valence-corrected chi connectivity index (χ0v) is 14.7. The van der Waals surface area contributed by atoms with Crippen LogP contribution in [0.2, 0.25) is 0 Å². The van der Waals surface area contributed by atoms with Crippen LogP contribution in [0.3, 0.4) is 0 Å². The molecular weight excluding hydrogens is 308 g/mol. The minimum Gasteiger partial charge on any atom is -0.480 e. The van der Waals surface area contributed by atoms with Crippen LogP contribution < -0.4 is 11.1 Å². The Bertz CT molecular complexity index is 391. The maximum absolute atomic E-state index is 11.7. The Morgan fingerprint density at radius 3 is 1.92 bits per heavy atom. The summed E-state index contributed by atoms with van der Waals surface area (Å²) in [7, 11) is 0. The number of hydrogen-bond donors (Lipinski definition) is 3. The van der Waals surface area contributed by atoms with Gasteiger partial charge in [0.25, 0.3) is 0 Å². The smallest absolute Gasteiger partial charge is 0.326 e. The van der Waals surface area contributed by atoms with Crippen LogP contribution in [0.4, 0.5) is 0 Å². The van der Waals surface area contributed by atoms with E-state index in [2.05, 4.69) is 5.32 Å². The van der Waals surface area contributed by atoms with Gasteiger partial charge in [0.15, 0.2) is 0 Å². The lowest BCUT2D eigenvalue weighted by Crippen LogP contribution is -2.43. The predicted octanol–water partition coefficient (Wildman–Crippen LogP) is 3.13. The Hall–Kier alpha value is -1.59. The Morgan fingerprint density at radius 2 is 1.46 bits per heavy atom. The van der Waals surface area contributed by atoms with E-state index in [-0.39, 0.29) is 18.7 Å². The number of carboxylic acid groups (broad SMARTS) is 1. The molecule has 6 nitrogen and oxygen atoms in total. The highest BCUT2D eigenvalue weighted by molar-refractivity contribution is 5.88. The Kier molecular flexibility index (Phi) is 12.8. The van der Waals surface area contributed by atoms with Crippen LogP contribution in [-0.2, 0) is 14.4 Å². The van der Waals surface area contributed by atoms with Gasteiger partial charge in [0.1, 0.15) is 6.04 Å². The van der Waals surface area contributed by atoms with Gasteiger partial charge in [-0.15, -0.1) is 0 Å². The normalized spacial score (nSPS) is 12.4. The number of aliphatic carboxylic acids is 1. The van der Waals surface area contributed by atoms with Crippen LogP contribution in [0.1, 0.15) is 91.7 Å². The van der Waals surface area contributed by atoms with Crippen molar-refractivity contribution in [3.05, 3.63) is 0 Å². The van der Waals surface area contributed by atoms with E-state index in [1.165, 1.54) is 38.5 Å². The Labute approximate surface area is 147 Å². The zero-order chi connectivity index (χ0) is 18.9. The number of nitrogens with two attached hydrogens (primary N) is 1. The van der Waals surface area contributed by atoms with Gasteiger partial charge in [0, 0.05) is 7.79 Å². The van der Waals surface area contributed by atoms with Crippen LogP contribution in [-0.4, -0.2) is 28.9 Å². The van der Waals surface area contributed by atoms with Crippen LogP contribution in [0.5, 0.6) is 0 Å². The first-order valence-electron chi connectivity index (χ1n) is 9.77. The van der Waals surface area contributed by atoms with Gasteiger partial charge in [0.2, 0.25) is 11.8 Å². The number of amides is 2. The third-order valence-corrected chi connectivity index (χ3v) is 3.94. The van der Waals surface area contributed by atoms with E-state index in [0.29, 0.717) is 6.90 Å². The summed E-state index contributed by atoms with van der Waals surface area (Å²) < 4.78 is 7.06. The molecule has 0 aliphatic rings. The molecule has 0 bridgehead atoms. The molecule has 1 atom stereocenters. The monoisotopic (exact) mass is 343 g/mol. The van der Waals surface area contributed by atoms with Crippen molar-refractivity contribution in [2.45, 2.75) is 96.4 Å². The zero-order valence-electron chi connectivity index (χ0n) is 15.7. The van der Waals surface area contributed by atoms with Crippen LogP contribution in [0, 0.1) is 0 Å². The molecule has 0 saturated heterocycles. The van der Waals surface area contributed by atoms with Crippen molar-refractivity contribution >= 4 is 17.8 Å². The maximum atomic E-state index is 11.7. The summed E-state index contributed by atoms with van der Waals surface area (Å²) in [5.74, 6) is -2.34. The molecule has 0 rings (SSSR count). The first-order chi connectivity index (χ1) is 12.0. The van der Waals surface area contributed by atoms with Crippen LogP contribution in [0.15, 0.2) is 0 Å². The maximum Gasteiger partial charge on any atom is 0.326 e. The summed E-state index contributed by atoms with van der Waals surface area (Å²) in [4.78, 5) is 33.4. The van der Waals surface area contributed by atoms with E-state index in [0.717, 1.165) is 32.1 Å². The van der Waals surface area contributed by atoms with E-state index >= 15 is 0 Å². The molecule has 0 unspecified atom stereocenters. The molecule has 140 valence electrons. The minimum atomic E-state index is -1.24. The molecule has 0 aromatic heterocycles. The van der Waals surface area contributed by atoms with Crippen LogP contribution >= 0.6 is 0 Å². The van der Waals surface area contributed by atoms with Gasteiger partial charge >= 0.3 is 5.97 Å². The molecule has 0 saturated carbocycles. The van der Waals surface area contributed by atoms with Gasteiger partial charge in [-0.2, -0.15) is 0 Å². The average Bonchev–Trinajstić information content (AvgIpc) is 2.54. The highest BCUT2D eigenvalue weighted by Gasteiger charge is 2.21. The fraction of sp³-hybridized carbons (Fsp3) is 0.833. The van der Waals surface area contributed by atoms with Gasteiger partial charge in [-0.1, -0.05) is 71.1 Å². The molecule has 24 heavy (non-hydrogen) atoms. The summed E-state index contributed by atoms with van der Waals surface area (Å²) >= 11 is 0. The van der Waals surface area contributed by atoms with E-state index < -0.39 is 17.9 Å². The Morgan fingerprint density at radius 1 is 0.958 bits per heavy atom. The van der Waals surface area contributed by atoms with Crippen molar-refractivity contribution in [3.8, 4) is 0 Å². The van der Waals surface area contributed by atoms with Crippen molar-refractivity contribution in [2.75, 3.05) is 0 Å². The fourth-order valence-corrected chi connectivity index (χ4v) is 2.54. The summed E-state index contributed by atoms with van der Waals surface area (Å²) in [6.45, 7) is 0.542. The van der Waals surface area contributed by atoms with E-state index in [9.17, 15) is 14.4 Å². The summed E-state index contributed by atoms with van der Waals surface area (Å²) in [6.07, 6.45) is 12.2. The molecule has 4 N–H and O–H groups in total. The number of rotatable bonds is 16. The molecule has 0 spiro atoms. The minimum absolute atomic E-state index is 0.276. The largest absolute Gasteiger partial charge is 0.480 e. The standard InChI is InChI=1S/C18H34N2O4/c1-2-3-4-5-6-7-8-9-10-11-12-13-17(22)20-15(18(23)24)14-16(19)21/h15H,2-14H2,1H3,(H2,19,21)(H,20,22)(H,23,24)/t15-/m0/s1/i1D. The van der Waals surface area contributed by atoms with E-state index in [1.807, 2.05) is 0 Å². The lowest BCUT2D eigenvalue weighted by atomic mass is 10.1. The summed E-state index contributed by atoms with van der Waals surface area (Å²) in [5.41, 5.74) is 4.97. The van der Waals surface area contributed by atoms with Crippen molar-refractivity contribution in [1.82, 2.24) is 5.32 Å².